The number of esters is 1. The molecule has 5 nitrogen and oxygen atoms in total. The van der Waals surface area contributed by atoms with Gasteiger partial charge in [0.2, 0.25) is 5.91 Å². The summed E-state index contributed by atoms with van der Waals surface area (Å²) < 4.78 is 11.1. The molecule has 0 aliphatic heterocycles. The maximum absolute atomic E-state index is 12.7. The molecule has 33 heavy (non-hydrogen) atoms. The summed E-state index contributed by atoms with van der Waals surface area (Å²) in [5.41, 5.74) is 2.63. The van der Waals surface area contributed by atoms with Gasteiger partial charge >= 0.3 is 5.97 Å². The summed E-state index contributed by atoms with van der Waals surface area (Å²) in [7, 11) is 0. The number of ether oxygens (including phenoxy) is 2. The highest BCUT2D eigenvalue weighted by Crippen LogP contribution is 2.36. The molecule has 0 bridgehead atoms. The fourth-order valence-electron chi connectivity index (χ4n) is 3.09. The summed E-state index contributed by atoms with van der Waals surface area (Å²) >= 11 is 7.27. The lowest BCUT2D eigenvalue weighted by molar-refractivity contribution is -0.111. The maximum atomic E-state index is 12.7. The van der Waals surface area contributed by atoms with Crippen LogP contribution >= 0.6 is 22.9 Å². The second-order valence-electron chi connectivity index (χ2n) is 7.14. The van der Waals surface area contributed by atoms with Crippen molar-refractivity contribution in [1.82, 2.24) is 0 Å². The molecule has 0 unspecified atom stereocenters. The van der Waals surface area contributed by atoms with Crippen LogP contribution in [-0.2, 0) is 9.53 Å². The Morgan fingerprint density at radius 1 is 1.09 bits per heavy atom. The Bertz CT molecular complexity index is 1120. The van der Waals surface area contributed by atoms with Gasteiger partial charge in [0.05, 0.1) is 13.2 Å². The summed E-state index contributed by atoms with van der Waals surface area (Å²) in [5.74, 6) is -0.116. The van der Waals surface area contributed by atoms with Gasteiger partial charge in [-0.2, -0.15) is 0 Å². The lowest BCUT2D eigenvalue weighted by atomic mass is 10.0. The predicted molar refractivity (Wildman–Crippen MR) is 135 cm³/mol. The van der Waals surface area contributed by atoms with E-state index in [1.54, 1.807) is 25.1 Å². The molecule has 0 saturated carbocycles. The first-order chi connectivity index (χ1) is 16.0. The number of carbonyl (C=O) groups excluding carboxylic acids is 2. The topological polar surface area (TPSA) is 64.6 Å². The van der Waals surface area contributed by atoms with Gasteiger partial charge in [0.15, 0.2) is 0 Å². The normalized spacial score (nSPS) is 10.9. The van der Waals surface area contributed by atoms with E-state index >= 15 is 0 Å². The summed E-state index contributed by atoms with van der Waals surface area (Å²) in [6.45, 7) is 4.70. The second kappa shape index (κ2) is 12.2. The minimum Gasteiger partial charge on any atom is -0.493 e. The van der Waals surface area contributed by atoms with Crippen molar-refractivity contribution in [3.05, 3.63) is 76.1 Å². The molecule has 1 amide bonds. The van der Waals surface area contributed by atoms with Crippen molar-refractivity contribution in [3.63, 3.8) is 0 Å². The van der Waals surface area contributed by atoms with Crippen molar-refractivity contribution in [3.8, 4) is 16.9 Å². The van der Waals surface area contributed by atoms with Crippen LogP contribution in [0.25, 0.3) is 17.2 Å². The fourth-order valence-corrected chi connectivity index (χ4v) is 4.18. The van der Waals surface area contributed by atoms with Crippen molar-refractivity contribution >= 4 is 45.9 Å². The van der Waals surface area contributed by atoms with Crippen LogP contribution in [0.1, 0.15) is 42.6 Å². The van der Waals surface area contributed by atoms with E-state index in [1.165, 1.54) is 17.4 Å². The van der Waals surface area contributed by atoms with Crippen molar-refractivity contribution in [2.45, 2.75) is 26.7 Å². The minimum absolute atomic E-state index is 0.233. The molecule has 0 atom stereocenters. The van der Waals surface area contributed by atoms with E-state index in [-0.39, 0.29) is 12.5 Å². The first-order valence-corrected chi connectivity index (χ1v) is 12.0. The molecule has 1 heterocycles. The molecule has 0 spiro atoms. The smallest absolute Gasteiger partial charge is 0.341 e. The van der Waals surface area contributed by atoms with Gasteiger partial charge < -0.3 is 14.8 Å². The molecule has 7 heteroatoms. The van der Waals surface area contributed by atoms with Gasteiger partial charge in [-0.15, -0.1) is 11.3 Å². The molecule has 0 saturated heterocycles. The number of nitrogens with one attached hydrogen (secondary N) is 1. The zero-order valence-electron chi connectivity index (χ0n) is 18.6. The highest BCUT2D eigenvalue weighted by molar-refractivity contribution is 7.15. The monoisotopic (exact) mass is 483 g/mol. The third-order valence-corrected chi connectivity index (χ3v) is 5.90. The Kier molecular flexibility index (Phi) is 9.10. The SMILES string of the molecule is CCCCOc1ccccc1C=CC(=O)Nc1scc(-c2ccc(Cl)cc2)c1C(=O)OCC. The number of hydrogen-bond acceptors (Lipinski definition) is 5. The molecule has 172 valence electrons. The number of amides is 1. The van der Waals surface area contributed by atoms with Crippen molar-refractivity contribution in [2.24, 2.45) is 0 Å². The maximum Gasteiger partial charge on any atom is 0.341 e. The number of unbranched alkanes of at least 4 members (excludes halogenated alkanes) is 1. The second-order valence-corrected chi connectivity index (χ2v) is 8.46. The Labute approximate surface area is 203 Å². The molecule has 3 rings (SSSR count). The van der Waals surface area contributed by atoms with E-state index in [0.717, 1.165) is 29.7 Å². The third-order valence-electron chi connectivity index (χ3n) is 4.75. The Balaban J connectivity index is 1.81. The lowest BCUT2D eigenvalue weighted by Gasteiger charge is -2.09. The van der Waals surface area contributed by atoms with Crippen LogP contribution in [0.4, 0.5) is 5.00 Å². The predicted octanol–water partition coefficient (Wildman–Crippen LogP) is 7.08. The van der Waals surface area contributed by atoms with Gasteiger partial charge in [0, 0.05) is 27.6 Å². The van der Waals surface area contributed by atoms with Crippen LogP contribution in [0.3, 0.4) is 0 Å². The first kappa shape index (κ1) is 24.6. The first-order valence-electron chi connectivity index (χ1n) is 10.8. The lowest BCUT2D eigenvalue weighted by Crippen LogP contribution is -2.12. The van der Waals surface area contributed by atoms with Crippen LogP contribution in [0, 0.1) is 0 Å². The summed E-state index contributed by atoms with van der Waals surface area (Å²) in [6, 6.07) is 14.7. The van der Waals surface area contributed by atoms with Crippen LogP contribution in [0.2, 0.25) is 5.02 Å². The molecule has 1 N–H and O–H groups in total. The fraction of sp³-hybridized carbons (Fsp3) is 0.231. The molecule has 2 aromatic carbocycles. The van der Waals surface area contributed by atoms with Crippen molar-refractivity contribution in [1.29, 1.82) is 0 Å². The van der Waals surface area contributed by atoms with Crippen molar-refractivity contribution < 1.29 is 19.1 Å². The molecule has 0 aliphatic carbocycles. The average molecular weight is 484 g/mol. The van der Waals surface area contributed by atoms with Gasteiger partial charge in [0.1, 0.15) is 16.3 Å². The molecule has 3 aromatic rings. The molecule has 0 fully saturated rings. The Hall–Kier alpha value is -3.09. The molecular weight excluding hydrogens is 458 g/mol. The number of rotatable bonds is 10. The molecule has 0 radical (unpaired) electrons. The third kappa shape index (κ3) is 6.70. The number of carbonyl (C=O) groups is 2. The number of hydrogen-bond donors (Lipinski definition) is 1. The van der Waals surface area contributed by atoms with E-state index in [0.29, 0.717) is 27.8 Å². The Morgan fingerprint density at radius 2 is 1.85 bits per heavy atom. The van der Waals surface area contributed by atoms with E-state index in [9.17, 15) is 9.59 Å². The quantitative estimate of drug-likeness (QED) is 0.190. The summed E-state index contributed by atoms with van der Waals surface area (Å²) in [4.78, 5) is 25.4. The van der Waals surface area contributed by atoms with Gasteiger partial charge in [-0.1, -0.05) is 55.3 Å². The zero-order valence-corrected chi connectivity index (χ0v) is 20.2. The van der Waals surface area contributed by atoms with Crippen LogP contribution < -0.4 is 10.1 Å². The van der Waals surface area contributed by atoms with Crippen molar-refractivity contribution in [2.75, 3.05) is 18.5 Å². The van der Waals surface area contributed by atoms with Crippen LogP contribution in [-0.4, -0.2) is 25.1 Å². The molecular formula is C26H26ClNO4S. The zero-order chi connectivity index (χ0) is 23.6. The highest BCUT2D eigenvalue weighted by atomic mass is 35.5. The van der Waals surface area contributed by atoms with Gasteiger partial charge in [-0.25, -0.2) is 4.79 Å². The van der Waals surface area contributed by atoms with Gasteiger partial charge in [-0.05, 0) is 43.2 Å². The van der Waals surface area contributed by atoms with Gasteiger partial charge in [-0.3, -0.25) is 4.79 Å². The number of para-hydroxylation sites is 1. The van der Waals surface area contributed by atoms with Crippen LogP contribution in [0.15, 0.2) is 60.0 Å². The largest absolute Gasteiger partial charge is 0.493 e. The minimum atomic E-state index is -0.488. The number of halogens is 1. The average Bonchev–Trinajstić information content (AvgIpc) is 3.22. The van der Waals surface area contributed by atoms with E-state index < -0.39 is 5.97 Å². The Morgan fingerprint density at radius 3 is 2.58 bits per heavy atom. The number of anilines is 1. The van der Waals surface area contributed by atoms with Crippen LogP contribution in [0.5, 0.6) is 5.75 Å². The summed E-state index contributed by atoms with van der Waals surface area (Å²) in [5, 5.41) is 5.68. The van der Waals surface area contributed by atoms with E-state index in [1.807, 2.05) is 41.8 Å². The standard InChI is InChI=1S/C26H26ClNO4S/c1-3-5-16-32-22-9-7-6-8-19(22)12-15-23(29)28-25-24(26(30)31-4-2)21(17-33-25)18-10-13-20(27)14-11-18/h6-15,17H,3-5,16H2,1-2H3,(H,28,29). The van der Waals surface area contributed by atoms with E-state index in [4.69, 9.17) is 21.1 Å². The molecule has 1 aromatic heterocycles. The molecule has 0 aliphatic rings. The highest BCUT2D eigenvalue weighted by Gasteiger charge is 2.22. The van der Waals surface area contributed by atoms with Gasteiger partial charge in [0.25, 0.3) is 0 Å². The number of thiophene rings is 1. The summed E-state index contributed by atoms with van der Waals surface area (Å²) in [6.07, 6.45) is 5.14. The number of benzene rings is 2. The van der Waals surface area contributed by atoms with E-state index in [2.05, 4.69) is 12.2 Å².